The summed E-state index contributed by atoms with van der Waals surface area (Å²) in [6, 6.07) is 6.39. The SMILES string of the molecule is COC1CCN(C2CCc3c(O)cccc32)C1. The Bertz CT molecular complexity index is 419. The summed E-state index contributed by atoms with van der Waals surface area (Å²) in [7, 11) is 1.79. The summed E-state index contributed by atoms with van der Waals surface area (Å²) in [6.45, 7) is 2.13. The number of hydrogen-bond acceptors (Lipinski definition) is 3. The second kappa shape index (κ2) is 4.31. The Morgan fingerprint density at radius 1 is 1.35 bits per heavy atom. The van der Waals surface area contributed by atoms with E-state index in [0.717, 1.165) is 37.9 Å². The number of methoxy groups -OCH3 is 1. The zero-order valence-corrected chi connectivity index (χ0v) is 10.2. The number of aromatic hydroxyl groups is 1. The zero-order valence-electron chi connectivity index (χ0n) is 10.2. The fourth-order valence-electron chi connectivity index (χ4n) is 3.22. The third-order valence-corrected chi connectivity index (χ3v) is 4.16. The van der Waals surface area contributed by atoms with E-state index in [-0.39, 0.29) is 0 Å². The fraction of sp³-hybridized carbons (Fsp3) is 0.571. The number of rotatable bonds is 2. The van der Waals surface area contributed by atoms with Crippen LogP contribution in [-0.4, -0.2) is 36.3 Å². The van der Waals surface area contributed by atoms with E-state index in [1.165, 1.54) is 5.56 Å². The van der Waals surface area contributed by atoms with Gasteiger partial charge < -0.3 is 9.84 Å². The van der Waals surface area contributed by atoms with E-state index in [0.29, 0.717) is 17.9 Å². The number of ether oxygens (including phenoxy) is 1. The van der Waals surface area contributed by atoms with Crippen molar-refractivity contribution in [2.75, 3.05) is 20.2 Å². The lowest BCUT2D eigenvalue weighted by Crippen LogP contribution is -2.26. The maximum Gasteiger partial charge on any atom is 0.119 e. The van der Waals surface area contributed by atoms with E-state index in [2.05, 4.69) is 11.0 Å². The van der Waals surface area contributed by atoms with Crippen molar-refractivity contribution in [3.63, 3.8) is 0 Å². The van der Waals surface area contributed by atoms with Gasteiger partial charge in [0.2, 0.25) is 0 Å². The van der Waals surface area contributed by atoms with Crippen LogP contribution in [0.5, 0.6) is 5.75 Å². The smallest absolute Gasteiger partial charge is 0.119 e. The molecule has 92 valence electrons. The van der Waals surface area contributed by atoms with Crippen molar-refractivity contribution in [3.05, 3.63) is 29.3 Å². The van der Waals surface area contributed by atoms with E-state index in [4.69, 9.17) is 4.74 Å². The number of phenolic OH excluding ortho intramolecular Hbond substituents is 1. The summed E-state index contributed by atoms with van der Waals surface area (Å²) in [6.07, 6.45) is 3.64. The molecule has 3 heteroatoms. The molecule has 2 atom stereocenters. The standard InChI is InChI=1S/C14H19NO2/c1-17-10-7-8-15(9-10)13-6-5-12-11(13)3-2-4-14(12)16/h2-4,10,13,16H,5-9H2,1H3. The van der Waals surface area contributed by atoms with Crippen molar-refractivity contribution in [3.8, 4) is 5.75 Å². The molecule has 1 aromatic rings. The van der Waals surface area contributed by atoms with Crippen molar-refractivity contribution < 1.29 is 9.84 Å². The number of hydrogen-bond donors (Lipinski definition) is 1. The molecule has 1 N–H and O–H groups in total. The van der Waals surface area contributed by atoms with Gasteiger partial charge in [0.1, 0.15) is 5.75 Å². The quantitative estimate of drug-likeness (QED) is 0.849. The molecule has 3 nitrogen and oxygen atoms in total. The summed E-state index contributed by atoms with van der Waals surface area (Å²) in [5.41, 5.74) is 2.47. The summed E-state index contributed by atoms with van der Waals surface area (Å²) in [5, 5.41) is 9.85. The monoisotopic (exact) mass is 233 g/mol. The average Bonchev–Trinajstić information content (AvgIpc) is 2.94. The normalized spacial score (nSPS) is 28.5. The van der Waals surface area contributed by atoms with Crippen LogP contribution < -0.4 is 0 Å². The van der Waals surface area contributed by atoms with E-state index in [1.807, 2.05) is 6.07 Å². The van der Waals surface area contributed by atoms with Crippen molar-refractivity contribution in [2.45, 2.75) is 31.4 Å². The Kier molecular flexibility index (Phi) is 2.81. The molecule has 0 saturated carbocycles. The number of likely N-dealkylation sites (tertiary alicyclic amines) is 1. The minimum atomic E-state index is 0.386. The summed E-state index contributed by atoms with van der Waals surface area (Å²) >= 11 is 0. The highest BCUT2D eigenvalue weighted by Gasteiger charge is 2.33. The van der Waals surface area contributed by atoms with Crippen LogP contribution in [0.2, 0.25) is 0 Å². The van der Waals surface area contributed by atoms with Gasteiger partial charge in [-0.25, -0.2) is 0 Å². The van der Waals surface area contributed by atoms with Gasteiger partial charge in [-0.05, 0) is 36.5 Å². The molecule has 1 saturated heterocycles. The van der Waals surface area contributed by atoms with Crippen LogP contribution in [0.25, 0.3) is 0 Å². The molecular formula is C14H19NO2. The molecule has 0 amide bonds. The maximum atomic E-state index is 9.85. The molecule has 3 rings (SSSR count). The largest absolute Gasteiger partial charge is 0.508 e. The van der Waals surface area contributed by atoms with Crippen LogP contribution in [0.1, 0.15) is 30.0 Å². The molecular weight excluding hydrogens is 214 g/mol. The first kappa shape index (κ1) is 11.1. The predicted octanol–water partition coefficient (Wildman–Crippen LogP) is 2.10. The van der Waals surface area contributed by atoms with Crippen LogP contribution in [0, 0.1) is 0 Å². The Morgan fingerprint density at radius 3 is 3.00 bits per heavy atom. The van der Waals surface area contributed by atoms with Gasteiger partial charge in [0.15, 0.2) is 0 Å². The molecule has 1 heterocycles. The highest BCUT2D eigenvalue weighted by molar-refractivity contribution is 5.44. The first-order valence-corrected chi connectivity index (χ1v) is 6.37. The molecule has 0 bridgehead atoms. The molecule has 1 aliphatic carbocycles. The number of fused-ring (bicyclic) bond motifs is 1. The van der Waals surface area contributed by atoms with Gasteiger partial charge in [-0.1, -0.05) is 12.1 Å². The van der Waals surface area contributed by atoms with Crippen molar-refractivity contribution in [1.82, 2.24) is 4.90 Å². The molecule has 2 unspecified atom stereocenters. The van der Waals surface area contributed by atoms with E-state index < -0.39 is 0 Å². The van der Waals surface area contributed by atoms with Crippen LogP contribution in [0.4, 0.5) is 0 Å². The molecule has 1 fully saturated rings. The minimum absolute atomic E-state index is 0.386. The zero-order chi connectivity index (χ0) is 11.8. The number of phenols is 1. The first-order valence-electron chi connectivity index (χ1n) is 6.37. The average molecular weight is 233 g/mol. The van der Waals surface area contributed by atoms with Gasteiger partial charge in [-0.2, -0.15) is 0 Å². The molecule has 2 aliphatic rings. The van der Waals surface area contributed by atoms with Gasteiger partial charge in [0, 0.05) is 26.2 Å². The second-order valence-corrected chi connectivity index (χ2v) is 5.04. The maximum absolute atomic E-state index is 9.85. The third kappa shape index (κ3) is 1.83. The van der Waals surface area contributed by atoms with E-state index >= 15 is 0 Å². The van der Waals surface area contributed by atoms with Gasteiger partial charge in [0.25, 0.3) is 0 Å². The minimum Gasteiger partial charge on any atom is -0.508 e. The lowest BCUT2D eigenvalue weighted by Gasteiger charge is -2.24. The first-order chi connectivity index (χ1) is 8.29. The summed E-state index contributed by atoms with van der Waals surface area (Å²) in [5.74, 6) is 0.465. The lowest BCUT2D eigenvalue weighted by molar-refractivity contribution is 0.101. The van der Waals surface area contributed by atoms with Crippen molar-refractivity contribution >= 4 is 0 Å². The summed E-state index contributed by atoms with van der Waals surface area (Å²) < 4.78 is 5.42. The molecule has 1 aliphatic heterocycles. The topological polar surface area (TPSA) is 32.7 Å². The van der Waals surface area contributed by atoms with Gasteiger partial charge in [0.05, 0.1) is 6.10 Å². The highest BCUT2D eigenvalue weighted by atomic mass is 16.5. The Labute approximate surface area is 102 Å². The van der Waals surface area contributed by atoms with Gasteiger partial charge in [-0.3, -0.25) is 4.90 Å². The van der Waals surface area contributed by atoms with E-state index in [1.54, 1.807) is 13.2 Å². The Morgan fingerprint density at radius 2 is 2.24 bits per heavy atom. The molecule has 1 aromatic carbocycles. The second-order valence-electron chi connectivity index (χ2n) is 5.04. The van der Waals surface area contributed by atoms with Crippen LogP contribution in [-0.2, 0) is 11.2 Å². The van der Waals surface area contributed by atoms with Crippen LogP contribution in [0.3, 0.4) is 0 Å². The van der Waals surface area contributed by atoms with Crippen LogP contribution in [0.15, 0.2) is 18.2 Å². The van der Waals surface area contributed by atoms with Gasteiger partial charge >= 0.3 is 0 Å². The molecule has 0 radical (unpaired) electrons. The third-order valence-electron chi connectivity index (χ3n) is 4.16. The predicted molar refractivity (Wildman–Crippen MR) is 66.2 cm³/mol. The van der Waals surface area contributed by atoms with Gasteiger partial charge in [-0.15, -0.1) is 0 Å². The summed E-state index contributed by atoms with van der Waals surface area (Å²) in [4.78, 5) is 2.50. The Balaban J connectivity index is 1.82. The Hall–Kier alpha value is -1.06. The van der Waals surface area contributed by atoms with E-state index in [9.17, 15) is 5.11 Å². The highest BCUT2D eigenvalue weighted by Crippen LogP contribution is 2.41. The fourth-order valence-corrected chi connectivity index (χ4v) is 3.22. The molecule has 17 heavy (non-hydrogen) atoms. The lowest BCUT2D eigenvalue weighted by atomic mass is 10.1. The van der Waals surface area contributed by atoms with Crippen LogP contribution >= 0.6 is 0 Å². The van der Waals surface area contributed by atoms with Crippen molar-refractivity contribution in [2.24, 2.45) is 0 Å². The molecule has 0 aromatic heterocycles. The number of benzene rings is 1. The number of nitrogens with zero attached hydrogens (tertiary/aromatic N) is 1. The van der Waals surface area contributed by atoms with Crippen molar-refractivity contribution in [1.29, 1.82) is 0 Å². The molecule has 0 spiro atoms.